The molecule has 20 heteroatoms. The van der Waals surface area contributed by atoms with Crippen LogP contribution in [0, 0.1) is 0 Å². The van der Waals surface area contributed by atoms with Gasteiger partial charge < -0.3 is 9.13 Å². The van der Waals surface area contributed by atoms with Gasteiger partial charge in [-0.1, -0.05) is 12.1 Å². The van der Waals surface area contributed by atoms with E-state index in [-0.39, 0.29) is 0 Å². The molecule has 0 bridgehead atoms. The molecule has 6 aromatic carbocycles. The van der Waals surface area contributed by atoms with Crippen molar-refractivity contribution >= 4 is 43.6 Å². The molecule has 0 aliphatic rings. The van der Waals surface area contributed by atoms with E-state index in [4.69, 9.17) is 0 Å². The van der Waals surface area contributed by atoms with E-state index < -0.39 is 137 Å². The Morgan fingerprint density at radius 1 is 0.274 bits per heavy atom. The molecule has 8 rings (SSSR count). The Labute approximate surface area is 333 Å². The fourth-order valence-corrected chi connectivity index (χ4v) is 7.57. The van der Waals surface area contributed by atoms with E-state index in [0.29, 0.717) is 106 Å². The fraction of sp³-hybridized carbons (Fsp3) is 0.143. The summed E-state index contributed by atoms with van der Waals surface area (Å²) in [7, 11) is 0. The van der Waals surface area contributed by atoms with E-state index in [1.165, 1.54) is 0 Å². The van der Waals surface area contributed by atoms with E-state index in [0.717, 1.165) is 12.1 Å². The summed E-state index contributed by atoms with van der Waals surface area (Å²) in [5, 5.41) is -2.57. The molecule has 0 aliphatic heterocycles. The number of aromatic nitrogens is 2. The summed E-state index contributed by atoms with van der Waals surface area (Å²) in [6.45, 7) is 0. The van der Waals surface area contributed by atoms with Crippen molar-refractivity contribution in [1.29, 1.82) is 0 Å². The molecule has 2 aromatic heterocycles. The van der Waals surface area contributed by atoms with Gasteiger partial charge in [0.15, 0.2) is 0 Å². The molecule has 0 unspecified atom stereocenters. The number of rotatable bonds is 3. The molecule has 0 fully saturated rings. The zero-order valence-corrected chi connectivity index (χ0v) is 30.1. The third-order valence-electron chi connectivity index (χ3n) is 10.2. The summed E-state index contributed by atoms with van der Waals surface area (Å²) >= 11 is 0. The van der Waals surface area contributed by atoms with E-state index in [2.05, 4.69) is 0 Å². The Morgan fingerprint density at radius 3 is 0.839 bits per heavy atom. The lowest BCUT2D eigenvalue weighted by Crippen LogP contribution is -2.16. The predicted octanol–water partition coefficient (Wildman–Crippen LogP) is 15.7. The summed E-state index contributed by atoms with van der Waals surface area (Å²) in [6.07, 6.45) is -31.2. The molecule has 0 saturated heterocycles. The summed E-state index contributed by atoms with van der Waals surface area (Å²) < 4.78 is 259. The number of nitrogens with zero attached hydrogens (tertiary/aromatic N) is 2. The maximum atomic E-state index is 16.0. The van der Waals surface area contributed by atoms with E-state index in [1.807, 2.05) is 0 Å². The van der Waals surface area contributed by atoms with E-state index in [9.17, 15) is 65.9 Å². The van der Waals surface area contributed by atoms with Crippen molar-refractivity contribution in [3.05, 3.63) is 143 Å². The van der Waals surface area contributed by atoms with Crippen LogP contribution in [0.2, 0.25) is 0 Å². The molecule has 0 aliphatic carbocycles. The average Bonchev–Trinajstić information content (AvgIpc) is 3.66. The number of fused-ring (bicyclic) bond motifs is 6. The highest BCUT2D eigenvalue weighted by Gasteiger charge is 2.42. The van der Waals surface area contributed by atoms with Crippen LogP contribution in [0.5, 0.6) is 0 Å². The van der Waals surface area contributed by atoms with Gasteiger partial charge >= 0.3 is 37.1 Å². The van der Waals surface area contributed by atoms with Gasteiger partial charge in [-0.3, -0.25) is 0 Å². The summed E-state index contributed by atoms with van der Waals surface area (Å²) in [5.74, 6) is 0. The maximum Gasteiger partial charge on any atom is 0.420 e. The molecule has 0 N–H and O–H groups in total. The monoisotopic (exact) mass is 892 g/mol. The number of hydrogen-bond acceptors (Lipinski definition) is 0. The minimum absolute atomic E-state index is 0.391. The number of benzene rings is 6. The fourth-order valence-electron chi connectivity index (χ4n) is 7.57. The van der Waals surface area contributed by atoms with Crippen LogP contribution in [0.25, 0.3) is 66.1 Å². The van der Waals surface area contributed by atoms with Crippen LogP contribution in [-0.2, 0) is 37.1 Å². The zero-order chi connectivity index (χ0) is 45.3. The van der Waals surface area contributed by atoms with Gasteiger partial charge in [-0.05, 0) is 108 Å². The Hall–Kier alpha value is -6.34. The second-order valence-electron chi connectivity index (χ2n) is 14.1. The standard InChI is InChI=1S/C42H18F18N2/c43-37(44,45)21-3-1-2-19(12-21)20-13-34(61-30-8-4-22(38(46,47)48)15-26(30)27-16-23(39(49,50)51)5-9-31(27)61)36(42(58,59)60)35(14-20)62-32-10-6-24(40(52,53)54)17-28(32)29-18-25(41(55,56)57)7-11-33(29)62/h1-18H. The van der Waals surface area contributed by atoms with Crippen molar-refractivity contribution in [1.82, 2.24) is 9.13 Å². The second kappa shape index (κ2) is 13.6. The number of alkyl halides is 18. The smallest absolute Gasteiger partial charge is 0.309 e. The first-order valence-corrected chi connectivity index (χ1v) is 17.4. The molecule has 0 radical (unpaired) electrons. The molecule has 8 aromatic rings. The van der Waals surface area contributed by atoms with Gasteiger partial charge in [-0.25, -0.2) is 0 Å². The molecule has 0 saturated carbocycles. The van der Waals surface area contributed by atoms with Crippen molar-refractivity contribution in [2.75, 3.05) is 0 Å². The summed E-state index contributed by atoms with van der Waals surface area (Å²) in [5.41, 5.74) is -14.2. The second-order valence-corrected chi connectivity index (χ2v) is 14.1. The first-order valence-electron chi connectivity index (χ1n) is 17.4. The molecule has 322 valence electrons. The topological polar surface area (TPSA) is 9.86 Å². The average molecular weight is 893 g/mol. The minimum Gasteiger partial charge on any atom is -0.309 e. The summed E-state index contributed by atoms with van der Waals surface area (Å²) in [4.78, 5) is 0. The Balaban J connectivity index is 1.60. The van der Waals surface area contributed by atoms with Crippen LogP contribution in [-0.4, -0.2) is 9.13 Å². The zero-order valence-electron chi connectivity index (χ0n) is 30.1. The lowest BCUT2D eigenvalue weighted by molar-refractivity contribution is -0.138. The third kappa shape index (κ3) is 7.21. The van der Waals surface area contributed by atoms with Crippen LogP contribution in [0.3, 0.4) is 0 Å². The molecule has 0 spiro atoms. The van der Waals surface area contributed by atoms with Crippen molar-refractivity contribution in [2.24, 2.45) is 0 Å². The number of hydrogen-bond donors (Lipinski definition) is 0. The van der Waals surface area contributed by atoms with Crippen molar-refractivity contribution in [3.8, 4) is 22.5 Å². The molecule has 0 atom stereocenters. The highest BCUT2D eigenvalue weighted by Crippen LogP contribution is 2.49. The van der Waals surface area contributed by atoms with Gasteiger partial charge in [0.2, 0.25) is 0 Å². The Kier molecular flexibility index (Phi) is 9.28. The maximum absolute atomic E-state index is 16.0. The van der Waals surface area contributed by atoms with Crippen LogP contribution >= 0.6 is 0 Å². The molecular weight excluding hydrogens is 874 g/mol. The van der Waals surface area contributed by atoms with Crippen molar-refractivity contribution < 1.29 is 79.0 Å². The van der Waals surface area contributed by atoms with Gasteiger partial charge in [0, 0.05) is 21.5 Å². The normalized spacial score (nSPS) is 13.6. The summed E-state index contributed by atoms with van der Waals surface area (Å²) in [6, 6.07) is 10.3. The van der Waals surface area contributed by atoms with Crippen LogP contribution < -0.4 is 0 Å². The largest absolute Gasteiger partial charge is 0.420 e. The van der Waals surface area contributed by atoms with Gasteiger partial charge in [0.1, 0.15) is 5.56 Å². The molecule has 2 heterocycles. The van der Waals surface area contributed by atoms with E-state index >= 15 is 13.2 Å². The highest BCUT2D eigenvalue weighted by molar-refractivity contribution is 6.11. The quantitative estimate of drug-likeness (QED) is 0.156. The van der Waals surface area contributed by atoms with Crippen molar-refractivity contribution in [3.63, 3.8) is 0 Å². The van der Waals surface area contributed by atoms with Gasteiger partial charge in [0.05, 0.1) is 61.3 Å². The SMILES string of the molecule is FC(F)(F)c1cccc(-c2cc(-n3c4ccc(C(F)(F)F)cc4c4cc(C(F)(F)F)ccc43)c(C(F)(F)F)c(-n3c4ccc(C(F)(F)F)cc4c4cc(C(F)(F)F)ccc43)c2)c1. The Bertz CT molecular complexity index is 2780. The minimum atomic E-state index is -5.64. The van der Waals surface area contributed by atoms with Gasteiger partial charge in [-0.2, -0.15) is 79.0 Å². The first kappa shape index (κ1) is 42.4. The lowest BCUT2D eigenvalue weighted by Gasteiger charge is -2.23. The third-order valence-corrected chi connectivity index (χ3v) is 10.2. The highest BCUT2D eigenvalue weighted by atomic mass is 19.4. The van der Waals surface area contributed by atoms with Gasteiger partial charge in [-0.15, -0.1) is 0 Å². The lowest BCUT2D eigenvalue weighted by atomic mass is 9.97. The number of halogens is 18. The van der Waals surface area contributed by atoms with Crippen LogP contribution in [0.4, 0.5) is 79.0 Å². The van der Waals surface area contributed by atoms with Crippen molar-refractivity contribution in [2.45, 2.75) is 37.1 Å². The first-order chi connectivity index (χ1) is 28.5. The molecule has 2 nitrogen and oxygen atoms in total. The molecule has 0 amide bonds. The molecular formula is C42H18F18N2. The van der Waals surface area contributed by atoms with Gasteiger partial charge in [0.25, 0.3) is 0 Å². The Morgan fingerprint density at radius 2 is 0.565 bits per heavy atom. The van der Waals surface area contributed by atoms with E-state index in [1.54, 1.807) is 0 Å². The molecule has 62 heavy (non-hydrogen) atoms. The van der Waals surface area contributed by atoms with Crippen LogP contribution in [0.1, 0.15) is 33.4 Å². The van der Waals surface area contributed by atoms with Crippen LogP contribution in [0.15, 0.2) is 109 Å². The predicted molar refractivity (Wildman–Crippen MR) is 191 cm³/mol.